The van der Waals surface area contributed by atoms with Crippen molar-refractivity contribution in [2.45, 2.75) is 79.4 Å². The Morgan fingerprint density at radius 3 is 2.49 bits per heavy atom. The summed E-state index contributed by atoms with van der Waals surface area (Å²) in [5.41, 5.74) is 13.6. The molecule has 0 radical (unpaired) electrons. The van der Waals surface area contributed by atoms with Gasteiger partial charge >= 0.3 is 12.1 Å². The summed E-state index contributed by atoms with van der Waals surface area (Å²) in [4.78, 5) is 27.2. The molecule has 1 aliphatic heterocycles. The van der Waals surface area contributed by atoms with Gasteiger partial charge in [-0.1, -0.05) is 18.2 Å². The Hall–Kier alpha value is -3.26. The van der Waals surface area contributed by atoms with Crippen molar-refractivity contribution in [2.24, 2.45) is 5.84 Å². The second-order valence-electron chi connectivity index (χ2n) is 10.7. The van der Waals surface area contributed by atoms with Crippen molar-refractivity contribution in [3.63, 3.8) is 0 Å². The van der Waals surface area contributed by atoms with E-state index >= 15 is 0 Å². The van der Waals surface area contributed by atoms with Gasteiger partial charge in [0.15, 0.2) is 0 Å². The first kappa shape index (κ1) is 28.3. The average molecular weight is 511 g/mol. The Morgan fingerprint density at radius 1 is 1.16 bits per heavy atom. The van der Waals surface area contributed by atoms with Crippen LogP contribution >= 0.6 is 0 Å². The minimum absolute atomic E-state index is 0.182. The summed E-state index contributed by atoms with van der Waals surface area (Å²) in [5.74, 6) is 5.60. The zero-order valence-corrected chi connectivity index (χ0v) is 23.3. The van der Waals surface area contributed by atoms with Crippen LogP contribution < -0.4 is 16.6 Å². The van der Waals surface area contributed by atoms with Gasteiger partial charge in [-0.15, -0.1) is 0 Å². The van der Waals surface area contributed by atoms with Crippen LogP contribution in [0.3, 0.4) is 0 Å². The minimum atomic E-state index is -0.555. The number of amides is 1. The number of nitrogen functional groups attached to an aromatic ring is 1. The molecule has 0 aromatic heterocycles. The lowest BCUT2D eigenvalue weighted by Gasteiger charge is -2.33. The Morgan fingerprint density at radius 2 is 1.86 bits per heavy atom. The lowest BCUT2D eigenvalue weighted by Crippen LogP contribution is -2.40. The van der Waals surface area contributed by atoms with Crippen LogP contribution in [0.25, 0.3) is 0 Å². The topological polar surface area (TPSA) is 111 Å². The maximum atomic E-state index is 12.8. The van der Waals surface area contributed by atoms with Crippen LogP contribution in [0, 0.1) is 13.8 Å². The first-order chi connectivity index (χ1) is 17.4. The number of rotatable bonds is 7. The van der Waals surface area contributed by atoms with E-state index in [1.807, 2.05) is 46.8 Å². The summed E-state index contributed by atoms with van der Waals surface area (Å²) in [6.07, 6.45) is 0.625. The van der Waals surface area contributed by atoms with Crippen LogP contribution in [0.4, 0.5) is 16.2 Å². The van der Waals surface area contributed by atoms with Crippen molar-refractivity contribution in [2.75, 3.05) is 30.4 Å². The molecule has 1 unspecified atom stereocenters. The van der Waals surface area contributed by atoms with E-state index in [1.165, 1.54) is 5.56 Å². The SMILES string of the molecule is CCOC(=O)CC(c1cc(C)c2c(c1)CN(C(=O)OC(C)(C)C)CC2)c1ccc(N(N)CC)c(N)c1C. The number of hydrogen-bond acceptors (Lipinski definition) is 7. The molecular weight excluding hydrogens is 468 g/mol. The summed E-state index contributed by atoms with van der Waals surface area (Å²) < 4.78 is 11.0. The molecule has 2 aromatic rings. The molecule has 4 N–H and O–H groups in total. The molecule has 8 heteroatoms. The maximum absolute atomic E-state index is 12.8. The number of nitrogens with zero attached hydrogens (tertiary/aromatic N) is 2. The van der Waals surface area contributed by atoms with Crippen molar-refractivity contribution in [3.8, 4) is 0 Å². The number of hydrogen-bond donors (Lipinski definition) is 2. The number of hydrazine groups is 1. The molecule has 202 valence electrons. The van der Waals surface area contributed by atoms with Gasteiger partial charge in [-0.2, -0.15) is 0 Å². The lowest BCUT2D eigenvalue weighted by molar-refractivity contribution is -0.143. The molecule has 1 heterocycles. The zero-order chi connectivity index (χ0) is 27.5. The molecule has 0 saturated carbocycles. The molecule has 1 amide bonds. The maximum Gasteiger partial charge on any atom is 0.410 e. The Labute approximate surface area is 220 Å². The Bertz CT molecular complexity index is 1160. The van der Waals surface area contributed by atoms with Crippen molar-refractivity contribution in [1.82, 2.24) is 4.90 Å². The molecule has 3 rings (SSSR count). The van der Waals surface area contributed by atoms with Crippen molar-refractivity contribution in [1.29, 1.82) is 0 Å². The number of benzene rings is 2. The van der Waals surface area contributed by atoms with Crippen molar-refractivity contribution >= 4 is 23.4 Å². The largest absolute Gasteiger partial charge is 0.466 e. The van der Waals surface area contributed by atoms with E-state index in [1.54, 1.807) is 16.8 Å². The van der Waals surface area contributed by atoms with Crippen molar-refractivity contribution in [3.05, 3.63) is 57.6 Å². The van der Waals surface area contributed by atoms with Crippen LogP contribution in [-0.4, -0.2) is 42.3 Å². The number of carbonyl (C=O) groups excluding carboxylic acids is 2. The third-order valence-corrected chi connectivity index (χ3v) is 6.87. The summed E-state index contributed by atoms with van der Waals surface area (Å²) in [6.45, 7) is 15.4. The summed E-state index contributed by atoms with van der Waals surface area (Å²) in [7, 11) is 0. The molecule has 0 fully saturated rings. The number of esters is 1. The fraction of sp³-hybridized carbons (Fsp3) is 0.517. The molecule has 8 nitrogen and oxygen atoms in total. The van der Waals surface area contributed by atoms with Gasteiger partial charge in [-0.05, 0) is 94.3 Å². The number of carbonyl (C=O) groups is 2. The third-order valence-electron chi connectivity index (χ3n) is 6.87. The van der Waals surface area contributed by atoms with E-state index < -0.39 is 5.60 Å². The second kappa shape index (κ2) is 11.4. The quantitative estimate of drug-likeness (QED) is 0.234. The number of nitrogens with two attached hydrogens (primary N) is 2. The highest BCUT2D eigenvalue weighted by Crippen LogP contribution is 2.38. The van der Waals surface area contributed by atoms with Crippen LogP contribution in [0.15, 0.2) is 24.3 Å². The molecule has 2 aromatic carbocycles. The normalized spacial score (nSPS) is 14.1. The first-order valence-electron chi connectivity index (χ1n) is 13.0. The average Bonchev–Trinajstić information content (AvgIpc) is 2.82. The van der Waals surface area contributed by atoms with E-state index in [0.717, 1.165) is 39.9 Å². The highest BCUT2D eigenvalue weighted by molar-refractivity contribution is 5.75. The smallest absolute Gasteiger partial charge is 0.410 e. The van der Waals surface area contributed by atoms with Gasteiger partial charge < -0.3 is 25.1 Å². The number of fused-ring (bicyclic) bond motifs is 1. The summed E-state index contributed by atoms with van der Waals surface area (Å²) >= 11 is 0. The van der Waals surface area contributed by atoms with E-state index in [0.29, 0.717) is 31.9 Å². The fourth-order valence-corrected chi connectivity index (χ4v) is 4.96. The van der Waals surface area contributed by atoms with Crippen LogP contribution in [0.2, 0.25) is 0 Å². The monoisotopic (exact) mass is 510 g/mol. The van der Waals surface area contributed by atoms with Gasteiger partial charge in [0.25, 0.3) is 0 Å². The van der Waals surface area contributed by atoms with Gasteiger partial charge in [0.05, 0.1) is 24.4 Å². The number of aryl methyl sites for hydroxylation is 1. The molecule has 0 spiro atoms. The summed E-state index contributed by atoms with van der Waals surface area (Å²) in [5, 5.41) is 1.61. The minimum Gasteiger partial charge on any atom is -0.466 e. The van der Waals surface area contributed by atoms with Gasteiger partial charge in [0.2, 0.25) is 0 Å². The van der Waals surface area contributed by atoms with Gasteiger partial charge in [0.1, 0.15) is 5.60 Å². The van der Waals surface area contributed by atoms with Gasteiger partial charge in [-0.3, -0.25) is 4.79 Å². The fourth-order valence-electron chi connectivity index (χ4n) is 4.96. The molecule has 0 bridgehead atoms. The predicted octanol–water partition coefficient (Wildman–Crippen LogP) is 4.96. The highest BCUT2D eigenvalue weighted by atomic mass is 16.6. The van der Waals surface area contributed by atoms with E-state index in [2.05, 4.69) is 19.1 Å². The van der Waals surface area contributed by atoms with E-state index in [-0.39, 0.29) is 24.4 Å². The third kappa shape index (κ3) is 6.55. The Kier molecular flexibility index (Phi) is 8.74. The van der Waals surface area contributed by atoms with Gasteiger partial charge in [-0.25, -0.2) is 10.6 Å². The summed E-state index contributed by atoms with van der Waals surface area (Å²) in [6, 6.07) is 8.18. The van der Waals surface area contributed by atoms with Crippen molar-refractivity contribution < 1.29 is 19.1 Å². The number of ether oxygens (including phenoxy) is 2. The molecule has 0 saturated heterocycles. The van der Waals surface area contributed by atoms with E-state index in [4.69, 9.17) is 21.1 Å². The Balaban J connectivity index is 2.05. The molecule has 0 aliphatic carbocycles. The van der Waals surface area contributed by atoms with Gasteiger partial charge in [0, 0.05) is 25.6 Å². The van der Waals surface area contributed by atoms with Crippen LogP contribution in [-0.2, 0) is 27.2 Å². The second-order valence-corrected chi connectivity index (χ2v) is 10.7. The molecule has 37 heavy (non-hydrogen) atoms. The van der Waals surface area contributed by atoms with Crippen LogP contribution in [0.1, 0.15) is 80.3 Å². The molecule has 1 atom stereocenters. The standard InChI is InChI=1S/C29H42N4O4/c1-8-33(31)25-11-10-23(19(4)27(25)30)24(16-26(34)36-9-2)20-14-18(3)22-12-13-32(17-21(22)15-20)28(35)37-29(5,6)7/h10-11,14-15,24H,8-9,12-13,16-17,30-31H2,1-7H3. The lowest BCUT2D eigenvalue weighted by atomic mass is 9.82. The predicted molar refractivity (Wildman–Crippen MR) is 147 cm³/mol. The molecular formula is C29H42N4O4. The van der Waals surface area contributed by atoms with E-state index in [9.17, 15) is 9.59 Å². The van der Waals surface area contributed by atoms with Crippen LogP contribution in [0.5, 0.6) is 0 Å². The number of anilines is 2. The zero-order valence-electron chi connectivity index (χ0n) is 23.3. The highest BCUT2D eigenvalue weighted by Gasteiger charge is 2.29. The molecule has 1 aliphatic rings. The first-order valence-corrected chi connectivity index (χ1v) is 13.0.